The molecule has 0 aliphatic rings. The number of thioether (sulfide) groups is 1. The van der Waals surface area contributed by atoms with E-state index < -0.39 is 11.2 Å². The zero-order valence-electron chi connectivity index (χ0n) is 9.63. The summed E-state index contributed by atoms with van der Waals surface area (Å²) in [6.07, 6.45) is 1.02. The lowest BCUT2D eigenvalue weighted by atomic mass is 10.2. The van der Waals surface area contributed by atoms with Gasteiger partial charge >= 0.3 is 5.97 Å². The van der Waals surface area contributed by atoms with Crippen molar-refractivity contribution in [3.8, 4) is 5.75 Å². The lowest BCUT2D eigenvalue weighted by molar-refractivity contribution is -0.143. The zero-order chi connectivity index (χ0) is 12.8. The van der Waals surface area contributed by atoms with Crippen LogP contribution >= 0.6 is 11.8 Å². The second-order valence-corrected chi connectivity index (χ2v) is 4.57. The first-order chi connectivity index (χ1) is 8.04. The van der Waals surface area contributed by atoms with E-state index in [9.17, 15) is 9.59 Å². The lowest BCUT2D eigenvalue weighted by Crippen LogP contribution is -2.14. The third kappa shape index (κ3) is 4.14. The molecule has 0 amide bonds. The van der Waals surface area contributed by atoms with Crippen molar-refractivity contribution in [3.05, 3.63) is 28.3 Å². The minimum atomic E-state index is -0.465. The Bertz CT molecular complexity index is 440. The van der Waals surface area contributed by atoms with E-state index in [1.165, 1.54) is 24.9 Å². The molecule has 1 unspecified atom stereocenters. The summed E-state index contributed by atoms with van der Waals surface area (Å²) >= 11 is 1.46. The average molecular weight is 258 g/mol. The molecule has 5 nitrogen and oxygen atoms in total. The Hall–Kier alpha value is -1.43. The minimum absolute atomic E-state index is 0.200. The molecule has 1 heterocycles. The second-order valence-electron chi connectivity index (χ2n) is 3.54. The van der Waals surface area contributed by atoms with Crippen LogP contribution < -0.4 is 5.43 Å². The standard InChI is InChI=1S/C11H14O5S/c1-7(11(14)15-2)5-17-6-8-3-9(12)10(13)4-16-8/h3-4,7,13H,5-6H2,1-2H3. The van der Waals surface area contributed by atoms with Crippen LogP contribution in [0.4, 0.5) is 0 Å². The van der Waals surface area contributed by atoms with E-state index in [0.717, 1.165) is 6.26 Å². The molecule has 1 N–H and O–H groups in total. The van der Waals surface area contributed by atoms with Gasteiger partial charge in [-0.3, -0.25) is 9.59 Å². The van der Waals surface area contributed by atoms with Gasteiger partial charge in [0.25, 0.3) is 0 Å². The highest BCUT2D eigenvalue weighted by Crippen LogP contribution is 2.16. The number of hydrogen-bond donors (Lipinski definition) is 1. The molecule has 0 saturated carbocycles. The number of ether oxygens (including phenoxy) is 1. The molecule has 0 spiro atoms. The van der Waals surface area contributed by atoms with Crippen LogP contribution in [0.25, 0.3) is 0 Å². The number of aromatic hydroxyl groups is 1. The molecule has 1 rings (SSSR count). The molecule has 1 aromatic heterocycles. The summed E-state index contributed by atoms with van der Waals surface area (Å²) in [6, 6.07) is 1.24. The van der Waals surface area contributed by atoms with Crippen molar-refractivity contribution < 1.29 is 19.1 Å². The Kier molecular flexibility index (Phi) is 5.09. The van der Waals surface area contributed by atoms with Crippen LogP contribution in [0, 0.1) is 5.92 Å². The molecule has 1 aromatic rings. The van der Waals surface area contributed by atoms with Crippen molar-refractivity contribution in [2.45, 2.75) is 12.7 Å². The topological polar surface area (TPSA) is 76.7 Å². The Labute approximate surface area is 103 Å². The van der Waals surface area contributed by atoms with Gasteiger partial charge in [-0.25, -0.2) is 0 Å². The fraction of sp³-hybridized carbons (Fsp3) is 0.455. The Morgan fingerprint density at radius 3 is 2.94 bits per heavy atom. The van der Waals surface area contributed by atoms with Gasteiger partial charge in [-0.15, -0.1) is 0 Å². The lowest BCUT2D eigenvalue weighted by Gasteiger charge is -2.07. The molecule has 0 aromatic carbocycles. The highest BCUT2D eigenvalue weighted by Gasteiger charge is 2.13. The van der Waals surface area contributed by atoms with Crippen LogP contribution in [0.2, 0.25) is 0 Å². The fourth-order valence-corrected chi connectivity index (χ4v) is 2.09. The summed E-state index contributed by atoms with van der Waals surface area (Å²) < 4.78 is 9.61. The average Bonchev–Trinajstić information content (AvgIpc) is 2.32. The molecule has 0 fully saturated rings. The highest BCUT2D eigenvalue weighted by atomic mass is 32.2. The molecule has 0 aliphatic heterocycles. The van der Waals surface area contributed by atoms with Gasteiger partial charge in [-0.1, -0.05) is 6.92 Å². The Morgan fingerprint density at radius 1 is 1.65 bits per heavy atom. The van der Waals surface area contributed by atoms with Crippen molar-refractivity contribution in [1.82, 2.24) is 0 Å². The molecule has 6 heteroatoms. The third-order valence-electron chi connectivity index (χ3n) is 2.08. The molecular formula is C11H14O5S. The Balaban J connectivity index is 2.43. The maximum absolute atomic E-state index is 11.1. The van der Waals surface area contributed by atoms with Gasteiger partial charge in [0.2, 0.25) is 5.43 Å². The first-order valence-electron chi connectivity index (χ1n) is 5.01. The SMILES string of the molecule is COC(=O)C(C)CSCc1cc(=O)c(O)co1. The van der Waals surface area contributed by atoms with Crippen LogP contribution in [0.15, 0.2) is 21.5 Å². The minimum Gasteiger partial charge on any atom is -0.502 e. The van der Waals surface area contributed by atoms with Crippen LogP contribution in [-0.4, -0.2) is 23.9 Å². The molecular weight excluding hydrogens is 244 g/mol. The number of hydrogen-bond acceptors (Lipinski definition) is 6. The maximum atomic E-state index is 11.1. The van der Waals surface area contributed by atoms with E-state index in [1.54, 1.807) is 6.92 Å². The molecule has 1 atom stereocenters. The predicted octanol–water partition coefficient (Wildman–Crippen LogP) is 1.39. The monoisotopic (exact) mass is 258 g/mol. The van der Waals surface area contributed by atoms with Crippen molar-refractivity contribution in [2.24, 2.45) is 5.92 Å². The van der Waals surface area contributed by atoms with Gasteiger partial charge in [-0.05, 0) is 0 Å². The van der Waals surface area contributed by atoms with Crippen LogP contribution in [0.5, 0.6) is 5.75 Å². The summed E-state index contributed by atoms with van der Waals surface area (Å²) in [5, 5.41) is 8.99. The van der Waals surface area contributed by atoms with Gasteiger partial charge in [0.15, 0.2) is 5.75 Å². The fourth-order valence-electron chi connectivity index (χ4n) is 1.12. The summed E-state index contributed by atoms with van der Waals surface area (Å²) in [4.78, 5) is 22.2. The van der Waals surface area contributed by atoms with E-state index in [1.807, 2.05) is 0 Å². The molecule has 0 radical (unpaired) electrons. The van der Waals surface area contributed by atoms with Crippen molar-refractivity contribution >= 4 is 17.7 Å². The van der Waals surface area contributed by atoms with E-state index in [0.29, 0.717) is 17.3 Å². The maximum Gasteiger partial charge on any atom is 0.309 e. The van der Waals surface area contributed by atoms with Crippen LogP contribution in [0.1, 0.15) is 12.7 Å². The van der Waals surface area contributed by atoms with E-state index in [2.05, 4.69) is 4.74 Å². The van der Waals surface area contributed by atoms with Gasteiger partial charge in [0.1, 0.15) is 12.0 Å². The van der Waals surface area contributed by atoms with Gasteiger partial charge in [-0.2, -0.15) is 11.8 Å². The molecule has 0 saturated heterocycles. The van der Waals surface area contributed by atoms with E-state index in [4.69, 9.17) is 9.52 Å². The van der Waals surface area contributed by atoms with E-state index in [-0.39, 0.29) is 11.9 Å². The smallest absolute Gasteiger partial charge is 0.309 e. The van der Waals surface area contributed by atoms with Crippen LogP contribution in [-0.2, 0) is 15.3 Å². The first-order valence-corrected chi connectivity index (χ1v) is 6.16. The largest absolute Gasteiger partial charge is 0.502 e. The molecule has 0 aliphatic carbocycles. The van der Waals surface area contributed by atoms with E-state index >= 15 is 0 Å². The van der Waals surface area contributed by atoms with Gasteiger partial charge in [0, 0.05) is 11.8 Å². The first kappa shape index (κ1) is 13.6. The summed E-state index contributed by atoms with van der Waals surface area (Å²) in [5.74, 6) is 0.656. The number of rotatable bonds is 5. The summed E-state index contributed by atoms with van der Waals surface area (Å²) in [7, 11) is 1.35. The number of esters is 1. The predicted molar refractivity (Wildman–Crippen MR) is 64.0 cm³/mol. The second kappa shape index (κ2) is 6.34. The Morgan fingerprint density at radius 2 is 2.35 bits per heavy atom. The third-order valence-corrected chi connectivity index (χ3v) is 3.31. The molecule has 17 heavy (non-hydrogen) atoms. The summed E-state index contributed by atoms with van der Waals surface area (Å²) in [6.45, 7) is 1.77. The van der Waals surface area contributed by atoms with Gasteiger partial charge in [0.05, 0.1) is 18.8 Å². The quantitative estimate of drug-likeness (QED) is 0.804. The van der Waals surface area contributed by atoms with Gasteiger partial charge < -0.3 is 14.3 Å². The number of carbonyl (C=O) groups excluding carboxylic acids is 1. The van der Waals surface area contributed by atoms with Crippen molar-refractivity contribution in [1.29, 1.82) is 0 Å². The van der Waals surface area contributed by atoms with Crippen molar-refractivity contribution in [3.63, 3.8) is 0 Å². The molecule has 0 bridgehead atoms. The number of carbonyl (C=O) groups is 1. The summed E-state index contributed by atoms with van der Waals surface area (Å²) in [5.41, 5.74) is -0.465. The number of methoxy groups -OCH3 is 1. The highest BCUT2D eigenvalue weighted by molar-refractivity contribution is 7.98. The van der Waals surface area contributed by atoms with Crippen LogP contribution in [0.3, 0.4) is 0 Å². The normalized spacial score (nSPS) is 12.1. The molecule has 94 valence electrons. The van der Waals surface area contributed by atoms with Crippen molar-refractivity contribution in [2.75, 3.05) is 12.9 Å². The zero-order valence-corrected chi connectivity index (χ0v) is 10.5.